The highest BCUT2D eigenvalue weighted by Gasteiger charge is 2.27. The van der Waals surface area contributed by atoms with E-state index in [1.807, 2.05) is 4.90 Å². The minimum absolute atomic E-state index is 0.259. The van der Waals surface area contributed by atoms with Crippen LogP contribution in [-0.4, -0.2) is 67.1 Å². The molecule has 0 bridgehead atoms. The lowest BCUT2D eigenvalue weighted by Gasteiger charge is -2.38. The molecular formula is C19H30N4O. The van der Waals surface area contributed by atoms with Gasteiger partial charge in [-0.15, -0.1) is 0 Å². The maximum atomic E-state index is 12.5. The Morgan fingerprint density at radius 3 is 2.50 bits per heavy atom. The molecule has 1 aromatic carbocycles. The Morgan fingerprint density at radius 2 is 1.83 bits per heavy atom. The number of hydrogen-bond acceptors (Lipinski definition) is 4. The van der Waals surface area contributed by atoms with Crippen LogP contribution in [0.3, 0.4) is 0 Å². The Labute approximate surface area is 145 Å². The second-order valence-electron chi connectivity index (χ2n) is 7.13. The molecule has 0 aliphatic carbocycles. The second-order valence-corrected chi connectivity index (χ2v) is 7.13. The molecule has 0 spiro atoms. The van der Waals surface area contributed by atoms with E-state index in [2.05, 4.69) is 47.1 Å². The summed E-state index contributed by atoms with van der Waals surface area (Å²) in [7, 11) is 0. The van der Waals surface area contributed by atoms with Crippen molar-refractivity contribution in [2.75, 3.05) is 44.2 Å². The number of nitrogens with zero attached hydrogens (tertiary/aromatic N) is 3. The van der Waals surface area contributed by atoms with Gasteiger partial charge in [-0.1, -0.05) is 18.2 Å². The summed E-state index contributed by atoms with van der Waals surface area (Å²) in [5.74, 6) is 0.292. The normalized spacial score (nSPS) is 25.8. The van der Waals surface area contributed by atoms with Gasteiger partial charge in [-0.25, -0.2) is 0 Å². The first kappa shape index (κ1) is 17.2. The fourth-order valence-corrected chi connectivity index (χ4v) is 3.84. The Hall–Kier alpha value is -1.59. The zero-order valence-electron chi connectivity index (χ0n) is 14.7. The molecule has 0 saturated carbocycles. The van der Waals surface area contributed by atoms with Crippen LogP contribution in [-0.2, 0) is 4.79 Å². The number of nitrogens with two attached hydrogens (primary N) is 1. The minimum atomic E-state index is 0.259. The van der Waals surface area contributed by atoms with Gasteiger partial charge in [0.25, 0.3) is 0 Å². The molecule has 1 amide bonds. The third-order valence-electron chi connectivity index (χ3n) is 5.37. The first-order valence-electron chi connectivity index (χ1n) is 9.21. The molecule has 2 aliphatic rings. The summed E-state index contributed by atoms with van der Waals surface area (Å²) in [4.78, 5) is 19.4. The maximum Gasteiger partial charge on any atom is 0.224 e. The van der Waals surface area contributed by atoms with Gasteiger partial charge >= 0.3 is 0 Å². The average Bonchev–Trinajstić information content (AvgIpc) is 2.61. The minimum Gasteiger partial charge on any atom is -0.369 e. The van der Waals surface area contributed by atoms with Crippen LogP contribution in [0.4, 0.5) is 5.69 Å². The molecule has 5 heteroatoms. The molecule has 132 valence electrons. The lowest BCUT2D eigenvalue weighted by molar-refractivity contribution is -0.135. The van der Waals surface area contributed by atoms with Gasteiger partial charge in [0.1, 0.15) is 0 Å². The van der Waals surface area contributed by atoms with Crippen molar-refractivity contribution < 1.29 is 4.79 Å². The number of piperidine rings is 1. The van der Waals surface area contributed by atoms with Crippen LogP contribution in [0.1, 0.15) is 26.2 Å². The van der Waals surface area contributed by atoms with Crippen LogP contribution >= 0.6 is 0 Å². The molecular weight excluding hydrogens is 300 g/mol. The highest BCUT2D eigenvalue weighted by atomic mass is 16.2. The second kappa shape index (κ2) is 7.99. The van der Waals surface area contributed by atoms with Gasteiger partial charge in [-0.2, -0.15) is 0 Å². The lowest BCUT2D eigenvalue weighted by atomic mass is 9.99. The van der Waals surface area contributed by atoms with Gasteiger partial charge in [0.05, 0.1) is 0 Å². The van der Waals surface area contributed by atoms with E-state index in [-0.39, 0.29) is 12.1 Å². The fraction of sp³-hybridized carbons (Fsp3) is 0.632. The molecule has 2 saturated heterocycles. The van der Waals surface area contributed by atoms with E-state index in [0.29, 0.717) is 12.3 Å². The van der Waals surface area contributed by atoms with E-state index in [1.54, 1.807) is 0 Å². The molecule has 5 nitrogen and oxygen atoms in total. The van der Waals surface area contributed by atoms with Gasteiger partial charge in [0.2, 0.25) is 5.91 Å². The van der Waals surface area contributed by atoms with Crippen LogP contribution in [0.2, 0.25) is 0 Å². The SMILES string of the molecule is C[C@@H]1C[C@H](N)CCN1C(=O)CCN1CCN(c2ccccc2)CC1. The molecule has 24 heavy (non-hydrogen) atoms. The van der Waals surface area contributed by atoms with Crippen molar-refractivity contribution in [1.29, 1.82) is 0 Å². The standard InChI is InChI=1S/C19H30N4O/c1-16-15-17(20)7-10-23(16)19(24)8-9-21-11-13-22(14-12-21)18-5-3-2-4-6-18/h2-6,16-17H,7-15,20H2,1H3/t16-,17-/m1/s1. The number of benzene rings is 1. The summed E-state index contributed by atoms with van der Waals surface area (Å²) in [5.41, 5.74) is 7.29. The number of rotatable bonds is 4. The monoisotopic (exact) mass is 330 g/mol. The van der Waals surface area contributed by atoms with Crippen LogP contribution in [0, 0.1) is 0 Å². The highest BCUT2D eigenvalue weighted by molar-refractivity contribution is 5.76. The van der Waals surface area contributed by atoms with Gasteiger partial charge in [-0.3, -0.25) is 9.69 Å². The van der Waals surface area contributed by atoms with E-state index >= 15 is 0 Å². The largest absolute Gasteiger partial charge is 0.369 e. The van der Waals surface area contributed by atoms with Crippen LogP contribution in [0.15, 0.2) is 30.3 Å². The highest BCUT2D eigenvalue weighted by Crippen LogP contribution is 2.18. The number of anilines is 1. The quantitative estimate of drug-likeness (QED) is 0.910. The molecule has 3 rings (SSSR count). The van der Waals surface area contributed by atoms with E-state index in [1.165, 1.54) is 5.69 Å². The number of hydrogen-bond donors (Lipinski definition) is 1. The first-order valence-corrected chi connectivity index (χ1v) is 9.21. The molecule has 2 atom stereocenters. The molecule has 0 unspecified atom stereocenters. The molecule has 2 aliphatic heterocycles. The smallest absolute Gasteiger partial charge is 0.224 e. The molecule has 0 aromatic heterocycles. The third-order valence-corrected chi connectivity index (χ3v) is 5.37. The van der Waals surface area contributed by atoms with E-state index in [4.69, 9.17) is 5.73 Å². The van der Waals surface area contributed by atoms with E-state index in [9.17, 15) is 4.79 Å². The molecule has 2 heterocycles. The first-order chi connectivity index (χ1) is 11.6. The topological polar surface area (TPSA) is 52.8 Å². The van der Waals surface area contributed by atoms with Crippen molar-refractivity contribution in [2.45, 2.75) is 38.3 Å². The third kappa shape index (κ3) is 4.28. The van der Waals surface area contributed by atoms with Gasteiger partial charge in [0.15, 0.2) is 0 Å². The zero-order chi connectivity index (χ0) is 16.9. The predicted octanol–water partition coefficient (Wildman–Crippen LogP) is 1.54. The van der Waals surface area contributed by atoms with Crippen molar-refractivity contribution in [1.82, 2.24) is 9.80 Å². The number of amides is 1. The van der Waals surface area contributed by atoms with Crippen molar-refractivity contribution in [3.8, 4) is 0 Å². The van der Waals surface area contributed by atoms with E-state index < -0.39 is 0 Å². The maximum absolute atomic E-state index is 12.5. The van der Waals surface area contributed by atoms with Crippen molar-refractivity contribution >= 4 is 11.6 Å². The number of carbonyl (C=O) groups is 1. The summed E-state index contributed by atoms with van der Waals surface area (Å²) in [6.07, 6.45) is 2.50. The van der Waals surface area contributed by atoms with Crippen LogP contribution < -0.4 is 10.6 Å². The Morgan fingerprint density at radius 1 is 1.12 bits per heavy atom. The van der Waals surface area contributed by atoms with Crippen molar-refractivity contribution in [3.05, 3.63) is 30.3 Å². The zero-order valence-corrected chi connectivity index (χ0v) is 14.7. The Bertz CT molecular complexity index is 527. The Kier molecular flexibility index (Phi) is 5.74. The summed E-state index contributed by atoms with van der Waals surface area (Å²) in [6.45, 7) is 7.95. The summed E-state index contributed by atoms with van der Waals surface area (Å²) < 4.78 is 0. The van der Waals surface area contributed by atoms with Gasteiger partial charge < -0.3 is 15.5 Å². The summed E-state index contributed by atoms with van der Waals surface area (Å²) in [6, 6.07) is 11.1. The molecule has 2 fully saturated rings. The van der Waals surface area contributed by atoms with E-state index in [0.717, 1.165) is 52.1 Å². The van der Waals surface area contributed by atoms with Crippen LogP contribution in [0.5, 0.6) is 0 Å². The van der Waals surface area contributed by atoms with Crippen molar-refractivity contribution in [2.24, 2.45) is 5.73 Å². The summed E-state index contributed by atoms with van der Waals surface area (Å²) >= 11 is 0. The lowest BCUT2D eigenvalue weighted by Crippen LogP contribution is -2.50. The molecule has 2 N–H and O–H groups in total. The number of para-hydroxylation sites is 1. The van der Waals surface area contributed by atoms with Crippen molar-refractivity contribution in [3.63, 3.8) is 0 Å². The number of piperazine rings is 1. The number of likely N-dealkylation sites (tertiary alicyclic amines) is 1. The van der Waals surface area contributed by atoms with Gasteiger partial charge in [-0.05, 0) is 31.9 Å². The number of carbonyl (C=O) groups excluding carboxylic acids is 1. The van der Waals surface area contributed by atoms with Gasteiger partial charge in [0, 0.05) is 63.5 Å². The Balaban J connectivity index is 1.41. The predicted molar refractivity (Wildman–Crippen MR) is 98.1 cm³/mol. The molecule has 0 radical (unpaired) electrons. The summed E-state index contributed by atoms with van der Waals surface area (Å²) in [5, 5.41) is 0. The molecule has 1 aromatic rings. The average molecular weight is 330 g/mol. The van der Waals surface area contributed by atoms with Crippen LogP contribution in [0.25, 0.3) is 0 Å². The fourth-order valence-electron chi connectivity index (χ4n) is 3.84.